The predicted molar refractivity (Wildman–Crippen MR) is 180 cm³/mol. The summed E-state index contributed by atoms with van der Waals surface area (Å²) in [5.74, 6) is 11.9. The number of rotatable bonds is 11. The van der Waals surface area contributed by atoms with Gasteiger partial charge in [0.25, 0.3) is 0 Å². The Morgan fingerprint density at radius 1 is 0.568 bits per heavy atom. The van der Waals surface area contributed by atoms with Gasteiger partial charge in [-0.2, -0.15) is 0 Å². The Balaban J connectivity index is 1.46. The molecule has 0 aromatic heterocycles. The van der Waals surface area contributed by atoms with Crippen molar-refractivity contribution in [2.45, 2.75) is 51.4 Å². The molecule has 0 radical (unpaired) electrons. The van der Waals surface area contributed by atoms with E-state index in [9.17, 15) is 9.59 Å². The van der Waals surface area contributed by atoms with E-state index in [4.69, 9.17) is 0 Å². The first-order valence-electron chi connectivity index (χ1n) is 15.4. The Labute approximate surface area is 263 Å². The summed E-state index contributed by atoms with van der Waals surface area (Å²) in [6, 6.07) is 39.9. The van der Waals surface area contributed by atoms with Gasteiger partial charge in [0.1, 0.15) is 11.2 Å². The Kier molecular flexibility index (Phi) is 11.0. The molecule has 222 valence electrons. The predicted octanol–water partition coefficient (Wildman–Crippen LogP) is 7.74. The smallest absolute Gasteiger partial charge is 0.236 e. The van der Waals surface area contributed by atoms with Crippen LogP contribution in [-0.2, 0) is 20.4 Å². The summed E-state index contributed by atoms with van der Waals surface area (Å²) in [5.41, 5.74) is 2.28. The van der Waals surface area contributed by atoms with E-state index in [0.29, 0.717) is 12.8 Å². The van der Waals surface area contributed by atoms with Crippen LogP contribution in [0, 0.1) is 35.5 Å². The largest absolute Gasteiger partial charge is 0.344 e. The van der Waals surface area contributed by atoms with Crippen LogP contribution in [0.1, 0.15) is 62.8 Å². The molecule has 0 atom stereocenters. The van der Waals surface area contributed by atoms with Crippen LogP contribution in [-0.4, -0.2) is 18.2 Å². The van der Waals surface area contributed by atoms with Gasteiger partial charge in [0.2, 0.25) is 5.91 Å². The van der Waals surface area contributed by atoms with Crippen LogP contribution < -0.4 is 5.32 Å². The van der Waals surface area contributed by atoms with Gasteiger partial charge in [-0.3, -0.25) is 9.59 Å². The van der Waals surface area contributed by atoms with Crippen LogP contribution in [0.5, 0.6) is 0 Å². The summed E-state index contributed by atoms with van der Waals surface area (Å²) in [7, 11) is 0. The van der Waals surface area contributed by atoms with Crippen LogP contribution in [0.4, 0.5) is 0 Å². The van der Waals surface area contributed by atoms with Gasteiger partial charge < -0.3 is 5.32 Å². The zero-order valence-electron chi connectivity index (χ0n) is 26.1. The Morgan fingerprint density at radius 2 is 0.932 bits per heavy atom. The van der Waals surface area contributed by atoms with Crippen LogP contribution >= 0.6 is 0 Å². The van der Waals surface area contributed by atoms with Crippen molar-refractivity contribution in [3.8, 4) is 23.7 Å². The summed E-state index contributed by atoms with van der Waals surface area (Å²) in [4.78, 5) is 27.8. The lowest BCUT2D eigenvalue weighted by Gasteiger charge is -2.37. The molecular weight excluding hydrogens is 538 g/mol. The molecule has 0 spiro atoms. The molecule has 0 heterocycles. The second-order valence-corrected chi connectivity index (χ2v) is 11.6. The number of carbonyl (C=O) groups excluding carboxylic acids is 2. The molecule has 0 unspecified atom stereocenters. The van der Waals surface area contributed by atoms with Gasteiger partial charge >= 0.3 is 0 Å². The molecule has 0 saturated heterocycles. The molecule has 1 N–H and O–H groups in total. The molecule has 0 aliphatic heterocycles. The normalized spacial score (nSPS) is 11.2. The van der Waals surface area contributed by atoms with Gasteiger partial charge in [0.05, 0.1) is 12.0 Å². The fraction of sp³-hybridized carbons (Fsp3) is 0.268. The van der Waals surface area contributed by atoms with Crippen molar-refractivity contribution in [1.82, 2.24) is 5.32 Å². The van der Waals surface area contributed by atoms with Crippen LogP contribution in [0.15, 0.2) is 121 Å². The number of ketones is 1. The summed E-state index contributed by atoms with van der Waals surface area (Å²) in [5, 5.41) is 3.05. The van der Waals surface area contributed by atoms with Gasteiger partial charge in [-0.25, -0.2) is 0 Å². The fourth-order valence-corrected chi connectivity index (χ4v) is 6.47. The molecule has 3 nitrogen and oxygen atoms in total. The number of hydrogen-bond acceptors (Lipinski definition) is 2. The minimum Gasteiger partial charge on any atom is -0.344 e. The van der Waals surface area contributed by atoms with Gasteiger partial charge in [0.15, 0.2) is 0 Å². The summed E-state index contributed by atoms with van der Waals surface area (Å²) < 4.78 is 0. The zero-order valence-corrected chi connectivity index (χ0v) is 26.1. The highest BCUT2D eigenvalue weighted by Gasteiger charge is 2.45. The van der Waals surface area contributed by atoms with Crippen molar-refractivity contribution >= 4 is 11.7 Å². The second-order valence-electron chi connectivity index (χ2n) is 11.6. The minimum absolute atomic E-state index is 0.00215. The van der Waals surface area contributed by atoms with Crippen molar-refractivity contribution in [2.24, 2.45) is 11.8 Å². The topological polar surface area (TPSA) is 46.2 Å². The molecule has 44 heavy (non-hydrogen) atoms. The van der Waals surface area contributed by atoms with Crippen LogP contribution in [0.25, 0.3) is 0 Å². The monoisotopic (exact) mass is 579 g/mol. The van der Waals surface area contributed by atoms with Gasteiger partial charge in [-0.05, 0) is 45.9 Å². The third-order valence-electron chi connectivity index (χ3n) is 8.50. The van der Waals surface area contributed by atoms with Crippen molar-refractivity contribution < 1.29 is 9.59 Å². The molecule has 0 saturated carbocycles. The summed E-state index contributed by atoms with van der Waals surface area (Å²) in [6.45, 7) is 8.53. The van der Waals surface area contributed by atoms with Crippen molar-refractivity contribution in [3.05, 3.63) is 144 Å². The first kappa shape index (κ1) is 32.1. The highest BCUT2D eigenvalue weighted by molar-refractivity contribution is 5.94. The lowest BCUT2D eigenvalue weighted by Crippen LogP contribution is -2.49. The first-order chi connectivity index (χ1) is 21.4. The van der Waals surface area contributed by atoms with Gasteiger partial charge in [0, 0.05) is 12.8 Å². The van der Waals surface area contributed by atoms with E-state index in [0.717, 1.165) is 22.3 Å². The molecule has 4 aromatic rings. The number of amides is 1. The molecule has 4 rings (SSSR count). The third-order valence-corrected chi connectivity index (χ3v) is 8.50. The number of hydrogen-bond donors (Lipinski definition) is 1. The Hall–Kier alpha value is -4.86. The molecule has 0 bridgehead atoms. The van der Waals surface area contributed by atoms with Crippen LogP contribution in [0.3, 0.4) is 0 Å². The first-order valence-corrected chi connectivity index (χ1v) is 15.4. The number of Topliss-reactive ketones (excluding diaryl/α,β-unsaturated/α-hetero) is 1. The van der Waals surface area contributed by atoms with E-state index in [1.807, 2.05) is 121 Å². The lowest BCUT2D eigenvalue weighted by atomic mass is 9.63. The Bertz CT molecular complexity index is 1430. The SMILES string of the molecule is CC(C)C(C(=O)CCC#CC#CCNC(=O)C(c1ccccc1)(c1ccccc1)C(C)C)(c1ccccc1)c1ccccc1. The summed E-state index contributed by atoms with van der Waals surface area (Å²) >= 11 is 0. The van der Waals surface area contributed by atoms with E-state index in [1.165, 1.54) is 0 Å². The van der Waals surface area contributed by atoms with E-state index in [1.54, 1.807) is 0 Å². The van der Waals surface area contributed by atoms with E-state index in [-0.39, 0.29) is 30.1 Å². The zero-order chi connectivity index (χ0) is 31.4. The minimum atomic E-state index is -0.851. The lowest BCUT2D eigenvalue weighted by molar-refractivity contribution is -0.126. The highest BCUT2D eigenvalue weighted by atomic mass is 16.2. The number of carbonyl (C=O) groups is 2. The molecule has 0 aliphatic carbocycles. The molecule has 3 heteroatoms. The maximum atomic E-state index is 13.9. The maximum absolute atomic E-state index is 13.9. The summed E-state index contributed by atoms with van der Waals surface area (Å²) in [6.07, 6.45) is 0.727. The quantitative estimate of drug-likeness (QED) is 0.185. The van der Waals surface area contributed by atoms with E-state index in [2.05, 4.69) is 56.7 Å². The van der Waals surface area contributed by atoms with E-state index >= 15 is 0 Å². The Morgan fingerprint density at radius 3 is 1.32 bits per heavy atom. The molecule has 4 aromatic carbocycles. The fourth-order valence-electron chi connectivity index (χ4n) is 6.47. The van der Waals surface area contributed by atoms with Gasteiger partial charge in [-0.1, -0.05) is 161 Å². The van der Waals surface area contributed by atoms with E-state index < -0.39 is 10.8 Å². The third kappa shape index (κ3) is 6.54. The molecular formula is C41H41NO2. The molecule has 1 amide bonds. The van der Waals surface area contributed by atoms with Crippen molar-refractivity contribution in [3.63, 3.8) is 0 Å². The maximum Gasteiger partial charge on any atom is 0.236 e. The average molecular weight is 580 g/mol. The standard InChI is InChI=1S/C41H41NO2/c1-32(2)40(34-22-12-8-13-23-34,35-24-14-9-15-25-35)38(43)30-20-6-5-7-21-31-42-39(44)41(33(3)4,36-26-16-10-17-27-36)37-28-18-11-19-29-37/h8-19,22-29,32-33H,20,30-31H2,1-4H3,(H,42,44). The molecule has 0 fully saturated rings. The molecule has 0 aliphatic rings. The second kappa shape index (κ2) is 15.0. The van der Waals surface area contributed by atoms with Crippen LogP contribution in [0.2, 0.25) is 0 Å². The average Bonchev–Trinajstić information content (AvgIpc) is 3.05. The number of benzene rings is 4. The highest BCUT2D eigenvalue weighted by Crippen LogP contribution is 2.42. The van der Waals surface area contributed by atoms with Crippen molar-refractivity contribution in [1.29, 1.82) is 0 Å². The number of nitrogens with one attached hydrogen (secondary N) is 1. The van der Waals surface area contributed by atoms with Crippen molar-refractivity contribution in [2.75, 3.05) is 6.54 Å². The van der Waals surface area contributed by atoms with Gasteiger partial charge in [-0.15, -0.1) is 0 Å².